The van der Waals surface area contributed by atoms with Crippen LogP contribution in [0.5, 0.6) is 0 Å². The molecule has 2 N–H and O–H groups in total. The van der Waals surface area contributed by atoms with Crippen molar-refractivity contribution in [2.75, 3.05) is 0 Å². The van der Waals surface area contributed by atoms with E-state index in [9.17, 15) is 17.6 Å². The van der Waals surface area contributed by atoms with Crippen LogP contribution in [0.2, 0.25) is 0 Å². The van der Waals surface area contributed by atoms with Crippen molar-refractivity contribution < 1.29 is 17.6 Å². The Morgan fingerprint density at radius 3 is 2.28 bits per heavy atom. The quantitative estimate of drug-likeness (QED) is 0.823. The number of alkyl halides is 3. The van der Waals surface area contributed by atoms with Gasteiger partial charge in [-0.3, -0.25) is 0 Å². The molecule has 1 aromatic rings. The highest BCUT2D eigenvalue weighted by Crippen LogP contribution is 2.37. The average molecular weight is 286 g/mol. The molecule has 1 nitrogen and oxygen atoms in total. The molecule has 104 valence electrons. The van der Waals surface area contributed by atoms with Crippen LogP contribution in [0.1, 0.15) is 37.4 Å². The molecule has 1 aromatic carbocycles. The van der Waals surface area contributed by atoms with E-state index in [1.807, 2.05) is 0 Å². The van der Waals surface area contributed by atoms with Crippen LogP contribution < -0.4 is 5.73 Å². The predicted molar refractivity (Wildman–Crippen MR) is 65.0 cm³/mol. The first kappa shape index (κ1) is 17.2. The minimum atomic E-state index is -4.58. The smallest absolute Gasteiger partial charge is 0.324 e. The third-order valence-electron chi connectivity index (χ3n) is 2.95. The van der Waals surface area contributed by atoms with Gasteiger partial charge >= 0.3 is 6.18 Å². The van der Waals surface area contributed by atoms with Crippen LogP contribution in [-0.2, 0) is 6.18 Å². The fourth-order valence-electron chi connectivity index (χ4n) is 1.66. The van der Waals surface area contributed by atoms with Crippen molar-refractivity contribution in [1.29, 1.82) is 0 Å². The van der Waals surface area contributed by atoms with Gasteiger partial charge in [0, 0.05) is 11.6 Å². The Labute approximate surface area is 110 Å². The highest BCUT2D eigenvalue weighted by atomic mass is 35.5. The topological polar surface area (TPSA) is 26.0 Å². The van der Waals surface area contributed by atoms with Gasteiger partial charge in [-0.25, -0.2) is 4.39 Å². The Balaban J connectivity index is 0.00000289. The molecular formula is C12H16ClF4N. The van der Waals surface area contributed by atoms with Gasteiger partial charge < -0.3 is 5.73 Å². The first-order valence-corrected chi connectivity index (χ1v) is 5.40. The molecule has 0 fully saturated rings. The number of halogens is 5. The van der Waals surface area contributed by atoms with Crippen molar-refractivity contribution in [3.05, 3.63) is 35.1 Å². The summed E-state index contributed by atoms with van der Waals surface area (Å²) in [7, 11) is 0. The van der Waals surface area contributed by atoms with E-state index in [4.69, 9.17) is 5.73 Å². The summed E-state index contributed by atoms with van der Waals surface area (Å²) >= 11 is 0. The van der Waals surface area contributed by atoms with Gasteiger partial charge in [0.1, 0.15) is 5.82 Å². The van der Waals surface area contributed by atoms with E-state index in [1.165, 1.54) is 0 Å². The van der Waals surface area contributed by atoms with Crippen LogP contribution in [0, 0.1) is 11.7 Å². The zero-order chi connectivity index (χ0) is 13.2. The second-order valence-corrected chi connectivity index (χ2v) is 4.11. The summed E-state index contributed by atoms with van der Waals surface area (Å²) in [6.07, 6.45) is -3.99. The molecular weight excluding hydrogens is 270 g/mol. The molecule has 0 aromatic heterocycles. The molecule has 0 aliphatic heterocycles. The van der Waals surface area contributed by atoms with Crippen LogP contribution in [0.4, 0.5) is 17.6 Å². The van der Waals surface area contributed by atoms with Crippen molar-refractivity contribution in [2.45, 2.75) is 32.5 Å². The Kier molecular flexibility index (Phi) is 6.10. The fraction of sp³-hybridized carbons (Fsp3) is 0.500. The van der Waals surface area contributed by atoms with Crippen molar-refractivity contribution in [3.8, 4) is 0 Å². The lowest BCUT2D eigenvalue weighted by molar-refractivity contribution is -0.138. The largest absolute Gasteiger partial charge is 0.416 e. The molecule has 0 saturated heterocycles. The number of benzene rings is 1. The van der Waals surface area contributed by atoms with E-state index in [1.54, 1.807) is 13.8 Å². The lowest BCUT2D eigenvalue weighted by Gasteiger charge is -2.23. The summed E-state index contributed by atoms with van der Waals surface area (Å²) in [6.45, 7) is 3.51. The lowest BCUT2D eigenvalue weighted by Crippen LogP contribution is -2.24. The molecule has 0 heterocycles. The summed E-state index contributed by atoms with van der Waals surface area (Å²) in [4.78, 5) is 0. The number of nitrogens with two attached hydrogens (primary N) is 1. The van der Waals surface area contributed by atoms with E-state index >= 15 is 0 Å². The molecule has 0 saturated carbocycles. The van der Waals surface area contributed by atoms with Gasteiger partial charge in [-0.2, -0.15) is 13.2 Å². The normalized spacial score (nSPS) is 14.8. The van der Waals surface area contributed by atoms with Gasteiger partial charge in [-0.05, 0) is 18.1 Å². The van der Waals surface area contributed by atoms with E-state index < -0.39 is 29.2 Å². The van der Waals surface area contributed by atoms with Crippen LogP contribution in [0.25, 0.3) is 0 Å². The van der Waals surface area contributed by atoms with E-state index in [0.717, 1.165) is 18.2 Å². The number of hydrogen-bond acceptors (Lipinski definition) is 1. The van der Waals surface area contributed by atoms with Gasteiger partial charge in [-0.1, -0.05) is 26.3 Å². The predicted octanol–water partition coefficient (Wildman–Crippen LogP) is 4.31. The maximum atomic E-state index is 13.5. The molecule has 18 heavy (non-hydrogen) atoms. The molecule has 0 radical (unpaired) electrons. The summed E-state index contributed by atoms with van der Waals surface area (Å²) in [5.41, 5.74) is 4.29. The summed E-state index contributed by atoms with van der Waals surface area (Å²) in [5, 5.41) is 0. The Hall–Kier alpha value is -0.810. The molecule has 1 rings (SSSR count). The molecule has 0 spiro atoms. The Bertz CT molecular complexity index is 392. The van der Waals surface area contributed by atoms with E-state index in [0.29, 0.717) is 6.42 Å². The molecule has 2 atom stereocenters. The van der Waals surface area contributed by atoms with E-state index in [-0.39, 0.29) is 18.3 Å². The van der Waals surface area contributed by atoms with Crippen LogP contribution in [-0.4, -0.2) is 0 Å². The number of rotatable bonds is 3. The first-order valence-electron chi connectivity index (χ1n) is 5.40. The third kappa shape index (κ3) is 3.59. The third-order valence-corrected chi connectivity index (χ3v) is 2.95. The molecule has 0 bridgehead atoms. The van der Waals surface area contributed by atoms with Gasteiger partial charge in [0.05, 0.1) is 5.56 Å². The lowest BCUT2D eigenvalue weighted by atomic mass is 9.89. The maximum absolute atomic E-state index is 13.5. The van der Waals surface area contributed by atoms with E-state index in [2.05, 4.69) is 0 Å². The minimum Gasteiger partial charge on any atom is -0.324 e. The SMILES string of the molecule is CCC(C)[C@H](N)c1c(F)cccc1C(F)(F)F.Cl. The van der Waals surface area contributed by atoms with Crippen molar-refractivity contribution in [2.24, 2.45) is 11.7 Å². The average Bonchev–Trinajstić information content (AvgIpc) is 2.25. The van der Waals surface area contributed by atoms with Crippen molar-refractivity contribution in [3.63, 3.8) is 0 Å². The fourth-order valence-corrected chi connectivity index (χ4v) is 1.66. The van der Waals surface area contributed by atoms with Crippen LogP contribution >= 0.6 is 12.4 Å². The zero-order valence-electron chi connectivity index (χ0n) is 10.1. The Morgan fingerprint density at radius 2 is 1.83 bits per heavy atom. The minimum absolute atomic E-state index is 0. The zero-order valence-corrected chi connectivity index (χ0v) is 10.9. The number of hydrogen-bond donors (Lipinski definition) is 1. The summed E-state index contributed by atoms with van der Waals surface area (Å²) < 4.78 is 51.7. The molecule has 0 amide bonds. The van der Waals surface area contributed by atoms with Gasteiger partial charge in [0.2, 0.25) is 0 Å². The standard InChI is InChI=1S/C12H15F4N.ClH/c1-3-7(2)11(17)10-8(12(14,15)16)5-4-6-9(10)13;/h4-7,11H,3,17H2,1-2H3;1H/t7?,11-;/m0./s1. The summed E-state index contributed by atoms with van der Waals surface area (Å²) in [6, 6.07) is 1.97. The highest BCUT2D eigenvalue weighted by Gasteiger charge is 2.36. The highest BCUT2D eigenvalue weighted by molar-refractivity contribution is 5.85. The maximum Gasteiger partial charge on any atom is 0.416 e. The molecule has 0 aliphatic carbocycles. The van der Waals surface area contributed by atoms with Gasteiger partial charge in [-0.15, -0.1) is 12.4 Å². The summed E-state index contributed by atoms with van der Waals surface area (Å²) in [5.74, 6) is -1.11. The van der Waals surface area contributed by atoms with Crippen LogP contribution in [0.15, 0.2) is 18.2 Å². The Morgan fingerprint density at radius 1 is 1.28 bits per heavy atom. The van der Waals surface area contributed by atoms with Crippen molar-refractivity contribution >= 4 is 12.4 Å². The second-order valence-electron chi connectivity index (χ2n) is 4.11. The monoisotopic (exact) mass is 285 g/mol. The molecule has 1 unspecified atom stereocenters. The molecule has 6 heteroatoms. The van der Waals surface area contributed by atoms with Gasteiger partial charge in [0.15, 0.2) is 0 Å². The first-order chi connectivity index (χ1) is 7.79. The van der Waals surface area contributed by atoms with Crippen LogP contribution in [0.3, 0.4) is 0 Å². The second kappa shape index (κ2) is 6.38. The molecule has 0 aliphatic rings. The van der Waals surface area contributed by atoms with Gasteiger partial charge in [0.25, 0.3) is 0 Å². The van der Waals surface area contributed by atoms with Crippen molar-refractivity contribution in [1.82, 2.24) is 0 Å².